The SMILES string of the molecule is CCN(CC)CC(N)Cc1ccc(OCc2ccccc2)cc1. The molecule has 1 unspecified atom stereocenters. The predicted molar refractivity (Wildman–Crippen MR) is 96.7 cm³/mol. The zero-order valence-electron chi connectivity index (χ0n) is 14.2. The lowest BCUT2D eigenvalue weighted by atomic mass is 10.1. The van der Waals surface area contributed by atoms with E-state index < -0.39 is 0 Å². The summed E-state index contributed by atoms with van der Waals surface area (Å²) in [5.41, 5.74) is 8.70. The van der Waals surface area contributed by atoms with Crippen molar-refractivity contribution in [3.8, 4) is 5.75 Å². The highest BCUT2D eigenvalue weighted by Gasteiger charge is 2.08. The summed E-state index contributed by atoms with van der Waals surface area (Å²) in [7, 11) is 0. The van der Waals surface area contributed by atoms with Crippen LogP contribution in [0.25, 0.3) is 0 Å². The highest BCUT2D eigenvalue weighted by atomic mass is 16.5. The second-order valence-corrected chi connectivity index (χ2v) is 5.87. The summed E-state index contributed by atoms with van der Waals surface area (Å²) in [6.45, 7) is 8.00. The van der Waals surface area contributed by atoms with Crippen molar-refractivity contribution in [2.45, 2.75) is 32.9 Å². The standard InChI is InChI=1S/C20H28N2O/c1-3-22(4-2)15-19(21)14-17-10-12-20(13-11-17)23-16-18-8-6-5-7-9-18/h5-13,19H,3-4,14-16,21H2,1-2H3. The number of ether oxygens (including phenoxy) is 1. The van der Waals surface area contributed by atoms with Gasteiger partial charge in [-0.15, -0.1) is 0 Å². The van der Waals surface area contributed by atoms with Crippen LogP contribution in [0, 0.1) is 0 Å². The fourth-order valence-corrected chi connectivity index (χ4v) is 2.64. The molecule has 2 rings (SSSR count). The van der Waals surface area contributed by atoms with Crippen LogP contribution < -0.4 is 10.5 Å². The number of likely N-dealkylation sites (N-methyl/N-ethyl adjacent to an activating group) is 1. The van der Waals surface area contributed by atoms with Crippen LogP contribution in [0.2, 0.25) is 0 Å². The van der Waals surface area contributed by atoms with Gasteiger partial charge in [0.05, 0.1) is 0 Å². The quantitative estimate of drug-likeness (QED) is 0.770. The molecule has 124 valence electrons. The van der Waals surface area contributed by atoms with E-state index in [4.69, 9.17) is 10.5 Å². The molecule has 0 aromatic heterocycles. The fraction of sp³-hybridized carbons (Fsp3) is 0.400. The summed E-state index contributed by atoms with van der Waals surface area (Å²) in [5.74, 6) is 0.898. The Balaban J connectivity index is 1.82. The molecule has 3 nitrogen and oxygen atoms in total. The van der Waals surface area contributed by atoms with Gasteiger partial charge in [-0.2, -0.15) is 0 Å². The van der Waals surface area contributed by atoms with E-state index in [2.05, 4.69) is 43.0 Å². The van der Waals surface area contributed by atoms with Gasteiger partial charge < -0.3 is 15.4 Å². The lowest BCUT2D eigenvalue weighted by Gasteiger charge is -2.22. The van der Waals surface area contributed by atoms with Crippen LogP contribution in [0.3, 0.4) is 0 Å². The minimum absolute atomic E-state index is 0.172. The average molecular weight is 312 g/mol. The molecule has 0 heterocycles. The maximum absolute atomic E-state index is 6.26. The monoisotopic (exact) mass is 312 g/mol. The first-order valence-corrected chi connectivity index (χ1v) is 8.44. The first kappa shape index (κ1) is 17.5. The molecule has 23 heavy (non-hydrogen) atoms. The molecule has 0 aliphatic carbocycles. The Bertz CT molecular complexity index is 550. The maximum Gasteiger partial charge on any atom is 0.119 e. The van der Waals surface area contributed by atoms with Crippen LogP contribution in [0.15, 0.2) is 54.6 Å². The van der Waals surface area contributed by atoms with Crippen molar-refractivity contribution >= 4 is 0 Å². The lowest BCUT2D eigenvalue weighted by molar-refractivity contribution is 0.282. The molecule has 0 fully saturated rings. The molecule has 2 N–H and O–H groups in total. The van der Waals surface area contributed by atoms with Crippen molar-refractivity contribution in [2.75, 3.05) is 19.6 Å². The Morgan fingerprint density at radius 3 is 2.17 bits per heavy atom. The molecule has 0 aliphatic rings. The zero-order valence-corrected chi connectivity index (χ0v) is 14.2. The fourth-order valence-electron chi connectivity index (χ4n) is 2.64. The van der Waals surface area contributed by atoms with Crippen molar-refractivity contribution in [3.05, 3.63) is 65.7 Å². The van der Waals surface area contributed by atoms with E-state index in [1.165, 1.54) is 11.1 Å². The number of hydrogen-bond acceptors (Lipinski definition) is 3. The molecular formula is C20H28N2O. The second kappa shape index (κ2) is 9.33. The number of hydrogen-bond donors (Lipinski definition) is 1. The Labute approximate surface area is 140 Å². The van der Waals surface area contributed by atoms with Gasteiger partial charge in [0.2, 0.25) is 0 Å². The van der Waals surface area contributed by atoms with Gasteiger partial charge in [-0.25, -0.2) is 0 Å². The van der Waals surface area contributed by atoms with Crippen LogP contribution in [-0.4, -0.2) is 30.6 Å². The molecule has 3 heteroatoms. The molecule has 0 radical (unpaired) electrons. The minimum atomic E-state index is 0.172. The van der Waals surface area contributed by atoms with Gasteiger partial charge in [0.15, 0.2) is 0 Å². The zero-order chi connectivity index (χ0) is 16.5. The Hall–Kier alpha value is -1.84. The van der Waals surface area contributed by atoms with E-state index >= 15 is 0 Å². The number of benzene rings is 2. The first-order valence-electron chi connectivity index (χ1n) is 8.44. The molecule has 0 saturated heterocycles. The third kappa shape index (κ3) is 6.05. The first-order chi connectivity index (χ1) is 11.2. The van der Waals surface area contributed by atoms with E-state index in [-0.39, 0.29) is 6.04 Å². The Kier molecular flexibility index (Phi) is 7.11. The number of nitrogens with two attached hydrogens (primary N) is 1. The summed E-state index contributed by atoms with van der Waals surface area (Å²) in [6, 6.07) is 18.7. The summed E-state index contributed by atoms with van der Waals surface area (Å²) in [5, 5.41) is 0. The number of rotatable bonds is 9. The summed E-state index contributed by atoms with van der Waals surface area (Å²) in [6.07, 6.45) is 0.898. The molecule has 0 saturated carbocycles. The van der Waals surface area contributed by atoms with Gasteiger partial charge in [-0.1, -0.05) is 56.3 Å². The summed E-state index contributed by atoms with van der Waals surface area (Å²) < 4.78 is 5.81. The molecular weight excluding hydrogens is 284 g/mol. The van der Waals surface area contributed by atoms with E-state index in [0.29, 0.717) is 6.61 Å². The van der Waals surface area contributed by atoms with Crippen LogP contribution in [0.1, 0.15) is 25.0 Å². The molecule has 1 atom stereocenters. The lowest BCUT2D eigenvalue weighted by Crippen LogP contribution is -2.38. The third-order valence-corrected chi connectivity index (χ3v) is 4.06. The van der Waals surface area contributed by atoms with Crippen molar-refractivity contribution in [2.24, 2.45) is 5.73 Å². The molecule has 0 amide bonds. The highest BCUT2D eigenvalue weighted by Crippen LogP contribution is 2.15. The van der Waals surface area contributed by atoms with Gasteiger partial charge in [-0.05, 0) is 42.8 Å². The van der Waals surface area contributed by atoms with Gasteiger partial charge in [0.25, 0.3) is 0 Å². The van der Waals surface area contributed by atoms with Gasteiger partial charge in [0, 0.05) is 12.6 Å². The van der Waals surface area contributed by atoms with Crippen molar-refractivity contribution in [1.29, 1.82) is 0 Å². The smallest absolute Gasteiger partial charge is 0.119 e. The van der Waals surface area contributed by atoms with Crippen molar-refractivity contribution in [1.82, 2.24) is 4.90 Å². The Morgan fingerprint density at radius 2 is 1.57 bits per heavy atom. The molecule has 2 aromatic carbocycles. The van der Waals surface area contributed by atoms with Gasteiger partial charge >= 0.3 is 0 Å². The highest BCUT2D eigenvalue weighted by molar-refractivity contribution is 5.28. The molecule has 0 spiro atoms. The number of nitrogens with zero attached hydrogens (tertiary/aromatic N) is 1. The van der Waals surface area contributed by atoms with Gasteiger partial charge in [-0.3, -0.25) is 0 Å². The van der Waals surface area contributed by atoms with Crippen LogP contribution in [0.4, 0.5) is 0 Å². The normalized spacial score (nSPS) is 12.3. The summed E-state index contributed by atoms with van der Waals surface area (Å²) in [4.78, 5) is 2.36. The van der Waals surface area contributed by atoms with Crippen LogP contribution in [0.5, 0.6) is 5.75 Å². The maximum atomic E-state index is 6.26. The van der Waals surface area contributed by atoms with Crippen molar-refractivity contribution < 1.29 is 4.74 Å². The molecule has 0 aliphatic heterocycles. The van der Waals surface area contributed by atoms with E-state index in [1.807, 2.05) is 30.3 Å². The van der Waals surface area contributed by atoms with E-state index in [1.54, 1.807) is 0 Å². The predicted octanol–water partition coefficient (Wildman–Crippen LogP) is 3.48. The van der Waals surface area contributed by atoms with E-state index in [0.717, 1.165) is 31.8 Å². The third-order valence-electron chi connectivity index (χ3n) is 4.06. The molecule has 0 bridgehead atoms. The van der Waals surface area contributed by atoms with Crippen LogP contribution >= 0.6 is 0 Å². The Morgan fingerprint density at radius 1 is 0.913 bits per heavy atom. The largest absolute Gasteiger partial charge is 0.489 e. The van der Waals surface area contributed by atoms with E-state index in [9.17, 15) is 0 Å². The topological polar surface area (TPSA) is 38.5 Å². The van der Waals surface area contributed by atoms with Gasteiger partial charge in [0.1, 0.15) is 12.4 Å². The minimum Gasteiger partial charge on any atom is -0.489 e. The second-order valence-electron chi connectivity index (χ2n) is 5.87. The summed E-state index contributed by atoms with van der Waals surface area (Å²) >= 11 is 0. The molecule has 2 aromatic rings. The average Bonchev–Trinajstić information content (AvgIpc) is 2.60. The van der Waals surface area contributed by atoms with Crippen LogP contribution in [-0.2, 0) is 13.0 Å². The van der Waals surface area contributed by atoms with Crippen molar-refractivity contribution in [3.63, 3.8) is 0 Å².